The van der Waals surface area contributed by atoms with Crippen molar-refractivity contribution in [2.75, 3.05) is 13.2 Å². The van der Waals surface area contributed by atoms with Crippen LogP contribution in [0.3, 0.4) is 0 Å². The molecule has 20 heavy (non-hydrogen) atoms. The van der Waals surface area contributed by atoms with Crippen LogP contribution in [-0.4, -0.2) is 37.7 Å². The highest BCUT2D eigenvalue weighted by molar-refractivity contribution is 6.76. The number of β-amino-alcohol motifs (C(OH)–C–C–N with tert-alkyl or cyclic N) is 1. The predicted octanol–water partition coefficient (Wildman–Crippen LogP) is 2.16. The normalized spacial score (nSPS) is 17.9. The summed E-state index contributed by atoms with van der Waals surface area (Å²) in [4.78, 5) is 0. The molecule has 0 fully saturated rings. The van der Waals surface area contributed by atoms with E-state index in [9.17, 15) is 9.50 Å². The molecule has 4 nitrogen and oxygen atoms in total. The smallest absolute Gasteiger partial charge is 0.123 e. The third kappa shape index (κ3) is 3.80. The van der Waals surface area contributed by atoms with Gasteiger partial charge in [0.15, 0.2) is 0 Å². The summed E-state index contributed by atoms with van der Waals surface area (Å²) >= 11 is 0. The van der Waals surface area contributed by atoms with Gasteiger partial charge in [0.1, 0.15) is 24.4 Å². The van der Waals surface area contributed by atoms with Gasteiger partial charge in [0, 0.05) is 8.07 Å². The van der Waals surface area contributed by atoms with Crippen molar-refractivity contribution in [1.29, 1.82) is 0 Å². The Morgan fingerprint density at radius 1 is 1.35 bits per heavy atom. The van der Waals surface area contributed by atoms with Crippen LogP contribution in [0.5, 0.6) is 0 Å². The van der Waals surface area contributed by atoms with E-state index in [0.29, 0.717) is 19.3 Å². The van der Waals surface area contributed by atoms with Crippen molar-refractivity contribution < 1.29 is 9.50 Å². The average Bonchev–Trinajstić information content (AvgIpc) is 2.79. The van der Waals surface area contributed by atoms with E-state index < -0.39 is 13.7 Å². The molecule has 0 aliphatic carbocycles. The summed E-state index contributed by atoms with van der Waals surface area (Å²) in [7, 11) is -1.50. The number of hydrazone groups is 1. The zero-order chi connectivity index (χ0) is 14.8. The average molecular weight is 295 g/mol. The third-order valence-corrected chi connectivity index (χ3v) is 4.88. The van der Waals surface area contributed by atoms with E-state index in [4.69, 9.17) is 0 Å². The first-order chi connectivity index (χ1) is 9.28. The molecule has 1 aromatic carbocycles. The molecule has 1 aliphatic heterocycles. The zero-order valence-corrected chi connectivity index (χ0v) is 13.2. The standard InChI is InChI=1S/C14H22FN3OSi/c1-20(2,3)9-14(19,8-18-11-16-10-17-18)12-4-6-13(15)7-5-12/h4-7,10,19H,8-9,11H2,1-3H3,(H,16,17). The lowest BCUT2D eigenvalue weighted by atomic mass is 9.95. The molecule has 0 amide bonds. The Hall–Kier alpha value is -1.40. The Morgan fingerprint density at radius 3 is 2.50 bits per heavy atom. The lowest BCUT2D eigenvalue weighted by molar-refractivity contribution is 0.0177. The summed E-state index contributed by atoms with van der Waals surface area (Å²) in [5.41, 5.74) is -0.245. The summed E-state index contributed by atoms with van der Waals surface area (Å²) < 4.78 is 13.1. The van der Waals surface area contributed by atoms with Gasteiger partial charge in [-0.05, 0) is 23.7 Å². The maximum atomic E-state index is 13.1. The van der Waals surface area contributed by atoms with E-state index in [0.717, 1.165) is 5.56 Å². The van der Waals surface area contributed by atoms with Crippen molar-refractivity contribution in [2.45, 2.75) is 31.3 Å². The highest BCUT2D eigenvalue weighted by atomic mass is 28.3. The molecule has 0 aromatic heterocycles. The number of hydrogen-bond donors (Lipinski definition) is 2. The minimum Gasteiger partial charge on any atom is -0.384 e. The number of nitrogens with one attached hydrogen (secondary N) is 1. The highest BCUT2D eigenvalue weighted by Crippen LogP contribution is 2.32. The number of aliphatic hydroxyl groups is 1. The second-order valence-electron chi connectivity index (χ2n) is 6.55. The zero-order valence-electron chi connectivity index (χ0n) is 12.2. The van der Waals surface area contributed by atoms with Crippen LogP contribution in [0, 0.1) is 5.82 Å². The Labute approximate surface area is 120 Å². The molecule has 0 spiro atoms. The molecule has 2 N–H and O–H groups in total. The third-order valence-electron chi connectivity index (χ3n) is 3.23. The van der Waals surface area contributed by atoms with E-state index in [1.165, 1.54) is 12.1 Å². The Morgan fingerprint density at radius 2 is 2.00 bits per heavy atom. The number of benzene rings is 1. The molecular formula is C14H22FN3OSi. The predicted molar refractivity (Wildman–Crippen MR) is 81.7 cm³/mol. The fourth-order valence-corrected chi connectivity index (χ4v) is 4.67. The monoisotopic (exact) mass is 295 g/mol. The van der Waals surface area contributed by atoms with Crippen molar-refractivity contribution in [3.8, 4) is 0 Å². The van der Waals surface area contributed by atoms with Gasteiger partial charge < -0.3 is 10.4 Å². The fraction of sp³-hybridized carbons (Fsp3) is 0.500. The van der Waals surface area contributed by atoms with Gasteiger partial charge in [-0.15, -0.1) is 0 Å². The van der Waals surface area contributed by atoms with Crippen molar-refractivity contribution in [3.63, 3.8) is 0 Å². The van der Waals surface area contributed by atoms with Crippen LogP contribution in [0.2, 0.25) is 25.7 Å². The van der Waals surface area contributed by atoms with Gasteiger partial charge in [-0.25, -0.2) is 4.39 Å². The molecular weight excluding hydrogens is 273 g/mol. The van der Waals surface area contributed by atoms with Crippen LogP contribution in [0.4, 0.5) is 4.39 Å². The van der Waals surface area contributed by atoms with Crippen molar-refractivity contribution in [1.82, 2.24) is 10.3 Å². The van der Waals surface area contributed by atoms with E-state index in [1.54, 1.807) is 23.5 Å². The van der Waals surface area contributed by atoms with E-state index >= 15 is 0 Å². The van der Waals surface area contributed by atoms with E-state index in [-0.39, 0.29) is 5.82 Å². The Balaban J connectivity index is 2.26. The van der Waals surface area contributed by atoms with Gasteiger partial charge in [-0.1, -0.05) is 31.8 Å². The van der Waals surface area contributed by atoms with Crippen molar-refractivity contribution in [2.24, 2.45) is 5.10 Å². The molecule has 2 rings (SSSR count). The number of nitrogens with zero attached hydrogens (tertiary/aromatic N) is 2. The molecule has 6 heteroatoms. The van der Waals surface area contributed by atoms with Gasteiger partial charge in [0.05, 0.1) is 6.54 Å². The fourth-order valence-electron chi connectivity index (χ4n) is 2.59. The van der Waals surface area contributed by atoms with Crippen molar-refractivity contribution in [3.05, 3.63) is 35.6 Å². The quantitative estimate of drug-likeness (QED) is 0.818. The van der Waals surface area contributed by atoms with Crippen LogP contribution in [0.1, 0.15) is 5.56 Å². The maximum Gasteiger partial charge on any atom is 0.123 e. The number of halogens is 1. The van der Waals surface area contributed by atoms with E-state index in [1.807, 2.05) is 0 Å². The molecule has 1 aromatic rings. The Kier molecular flexibility index (Phi) is 4.15. The molecule has 1 atom stereocenters. The molecule has 1 unspecified atom stereocenters. The lowest BCUT2D eigenvalue weighted by Crippen LogP contribution is -2.44. The first kappa shape index (κ1) is 15.0. The summed E-state index contributed by atoms with van der Waals surface area (Å²) in [6.45, 7) is 7.65. The van der Waals surface area contributed by atoms with Gasteiger partial charge >= 0.3 is 0 Å². The molecule has 0 saturated heterocycles. The topological polar surface area (TPSA) is 47.9 Å². The first-order valence-electron chi connectivity index (χ1n) is 6.78. The minimum atomic E-state index is -1.50. The summed E-state index contributed by atoms with van der Waals surface area (Å²) in [5.74, 6) is -0.287. The van der Waals surface area contributed by atoms with Gasteiger partial charge in [0.25, 0.3) is 0 Å². The Bertz CT molecular complexity index is 486. The molecule has 1 aliphatic rings. The van der Waals surface area contributed by atoms with Crippen LogP contribution in [0.15, 0.2) is 29.4 Å². The van der Waals surface area contributed by atoms with Crippen LogP contribution < -0.4 is 5.32 Å². The number of hydrogen-bond acceptors (Lipinski definition) is 4. The molecule has 110 valence electrons. The summed E-state index contributed by atoms with van der Waals surface area (Å²) in [5, 5.41) is 20.1. The minimum absolute atomic E-state index is 0.287. The van der Waals surface area contributed by atoms with Gasteiger partial charge in [-0.2, -0.15) is 5.10 Å². The van der Waals surface area contributed by atoms with Crippen LogP contribution >= 0.6 is 0 Å². The molecule has 1 heterocycles. The first-order valence-corrected chi connectivity index (χ1v) is 10.5. The van der Waals surface area contributed by atoms with Crippen LogP contribution in [-0.2, 0) is 5.60 Å². The van der Waals surface area contributed by atoms with Crippen molar-refractivity contribution >= 4 is 14.4 Å². The summed E-state index contributed by atoms with van der Waals surface area (Å²) in [6, 6.07) is 6.84. The second-order valence-corrected chi connectivity index (χ2v) is 12.0. The van der Waals surface area contributed by atoms with Gasteiger partial charge in [0.2, 0.25) is 0 Å². The molecule has 0 saturated carbocycles. The molecule has 0 bridgehead atoms. The van der Waals surface area contributed by atoms with E-state index in [2.05, 4.69) is 30.1 Å². The second kappa shape index (κ2) is 5.53. The number of rotatable bonds is 5. The maximum absolute atomic E-state index is 13.1. The SMILES string of the molecule is C[Si](C)(C)CC(O)(CN1CNC=N1)c1ccc(F)cc1. The largest absolute Gasteiger partial charge is 0.384 e. The van der Waals surface area contributed by atoms with Crippen LogP contribution in [0.25, 0.3) is 0 Å². The molecule has 0 radical (unpaired) electrons. The summed E-state index contributed by atoms with van der Waals surface area (Å²) in [6.07, 6.45) is 1.62. The highest BCUT2D eigenvalue weighted by Gasteiger charge is 2.37. The van der Waals surface area contributed by atoms with Gasteiger partial charge in [-0.3, -0.25) is 5.01 Å². The lowest BCUT2D eigenvalue weighted by Gasteiger charge is -2.36.